The minimum Gasteiger partial charge on any atom is -0.320 e. The smallest absolute Gasteiger partial charge is 0.126 e. The number of hydrogen-bond acceptors (Lipinski definition) is 3. The minimum atomic E-state index is -1.06. The van der Waals surface area contributed by atoms with E-state index in [1.807, 2.05) is 12.1 Å². The summed E-state index contributed by atoms with van der Waals surface area (Å²) in [6.07, 6.45) is 5.54. The van der Waals surface area contributed by atoms with Crippen LogP contribution in [-0.4, -0.2) is 25.0 Å². The van der Waals surface area contributed by atoms with Crippen LogP contribution in [-0.2, 0) is 17.2 Å². The van der Waals surface area contributed by atoms with Crippen LogP contribution < -0.4 is 0 Å². The van der Waals surface area contributed by atoms with Gasteiger partial charge in [0.05, 0.1) is 27.9 Å². The van der Waals surface area contributed by atoms with E-state index in [9.17, 15) is 4.21 Å². The van der Waals surface area contributed by atoms with Crippen LogP contribution in [0.25, 0.3) is 22.2 Å². The number of pyridine rings is 1. The maximum absolute atomic E-state index is 11.6. The van der Waals surface area contributed by atoms with E-state index in [2.05, 4.69) is 58.1 Å². The van der Waals surface area contributed by atoms with Crippen LogP contribution in [0.1, 0.15) is 23.9 Å². The molecule has 0 fully saturated rings. The number of aryl methyl sites for hydroxylation is 1. The SMILES string of the molecule is CS(=O)c1ccc(-c2ccc3nc4n(c3c2)C(c2ccccc2)CC4)cn1. The van der Waals surface area contributed by atoms with Gasteiger partial charge in [0.15, 0.2) is 0 Å². The summed E-state index contributed by atoms with van der Waals surface area (Å²) in [6.45, 7) is 0. The highest BCUT2D eigenvalue weighted by atomic mass is 32.2. The fourth-order valence-electron chi connectivity index (χ4n) is 3.95. The van der Waals surface area contributed by atoms with E-state index in [0.717, 1.165) is 40.8 Å². The molecule has 0 bridgehead atoms. The third-order valence-electron chi connectivity index (χ3n) is 5.26. The molecule has 0 spiro atoms. The Bertz CT molecular complexity index is 1150. The van der Waals surface area contributed by atoms with Crippen molar-refractivity contribution >= 4 is 21.8 Å². The molecule has 0 amide bonds. The number of fused-ring (bicyclic) bond motifs is 3. The second kappa shape index (κ2) is 6.43. The molecule has 2 aromatic heterocycles. The molecule has 134 valence electrons. The molecule has 5 rings (SSSR count). The van der Waals surface area contributed by atoms with E-state index in [1.165, 1.54) is 5.56 Å². The first-order chi connectivity index (χ1) is 13.2. The molecule has 0 N–H and O–H groups in total. The molecule has 27 heavy (non-hydrogen) atoms. The molecular formula is C22H19N3OS. The fourth-order valence-corrected chi connectivity index (χ4v) is 4.41. The Morgan fingerprint density at radius 3 is 2.59 bits per heavy atom. The minimum absolute atomic E-state index is 0.337. The van der Waals surface area contributed by atoms with Crippen LogP contribution in [0, 0.1) is 0 Å². The molecule has 1 aliphatic rings. The van der Waals surface area contributed by atoms with Crippen molar-refractivity contribution in [1.29, 1.82) is 0 Å². The summed E-state index contributed by atoms with van der Waals surface area (Å²) >= 11 is 0. The van der Waals surface area contributed by atoms with Gasteiger partial charge in [-0.15, -0.1) is 0 Å². The van der Waals surface area contributed by atoms with Crippen LogP contribution in [0.3, 0.4) is 0 Å². The van der Waals surface area contributed by atoms with Crippen LogP contribution >= 0.6 is 0 Å². The third kappa shape index (κ3) is 2.79. The summed E-state index contributed by atoms with van der Waals surface area (Å²) in [6, 6.07) is 21.2. The lowest BCUT2D eigenvalue weighted by atomic mass is 10.0. The number of aromatic nitrogens is 3. The second-order valence-electron chi connectivity index (χ2n) is 6.91. The van der Waals surface area contributed by atoms with Crippen molar-refractivity contribution in [3.8, 4) is 11.1 Å². The molecule has 5 heteroatoms. The van der Waals surface area contributed by atoms with Gasteiger partial charge in [-0.05, 0) is 35.7 Å². The zero-order chi connectivity index (χ0) is 18.4. The average molecular weight is 373 g/mol. The largest absolute Gasteiger partial charge is 0.320 e. The predicted octanol–water partition coefficient (Wildman–Crippen LogP) is 4.37. The van der Waals surface area contributed by atoms with Crippen molar-refractivity contribution in [2.45, 2.75) is 23.9 Å². The molecular weight excluding hydrogens is 354 g/mol. The van der Waals surface area contributed by atoms with Crippen LogP contribution in [0.5, 0.6) is 0 Å². The number of benzene rings is 2. The molecule has 2 aromatic carbocycles. The standard InChI is InChI=1S/C22H19N3OS/c1-27(26)22-12-8-17(14-23-22)16-7-9-18-20(13-16)25-19(10-11-21(25)24-18)15-5-3-2-4-6-15/h2-9,12-14,19H,10-11H2,1H3. The Labute approximate surface area is 160 Å². The van der Waals surface area contributed by atoms with Gasteiger partial charge in [-0.2, -0.15) is 0 Å². The maximum atomic E-state index is 11.6. The van der Waals surface area contributed by atoms with Crippen molar-refractivity contribution in [1.82, 2.24) is 14.5 Å². The summed E-state index contributed by atoms with van der Waals surface area (Å²) in [7, 11) is -1.06. The number of imidazole rings is 1. The van der Waals surface area contributed by atoms with Crippen molar-refractivity contribution in [3.63, 3.8) is 0 Å². The quantitative estimate of drug-likeness (QED) is 0.536. The molecule has 0 saturated heterocycles. The van der Waals surface area contributed by atoms with E-state index in [1.54, 1.807) is 12.5 Å². The van der Waals surface area contributed by atoms with Gasteiger partial charge in [-0.3, -0.25) is 4.21 Å². The lowest BCUT2D eigenvalue weighted by Crippen LogP contribution is -2.05. The Kier molecular flexibility index (Phi) is 3.90. The average Bonchev–Trinajstić information content (AvgIpc) is 3.27. The molecule has 1 aliphatic heterocycles. The van der Waals surface area contributed by atoms with E-state index in [4.69, 9.17) is 4.98 Å². The zero-order valence-corrected chi connectivity index (χ0v) is 15.8. The first-order valence-corrected chi connectivity index (χ1v) is 10.6. The highest BCUT2D eigenvalue weighted by Crippen LogP contribution is 2.36. The maximum Gasteiger partial charge on any atom is 0.126 e. The number of rotatable bonds is 3. The van der Waals surface area contributed by atoms with Crippen LogP contribution in [0.2, 0.25) is 0 Å². The summed E-state index contributed by atoms with van der Waals surface area (Å²) in [5.41, 5.74) is 5.66. The first-order valence-electron chi connectivity index (χ1n) is 9.06. The summed E-state index contributed by atoms with van der Waals surface area (Å²) < 4.78 is 14.0. The lowest BCUT2D eigenvalue weighted by molar-refractivity contribution is 0.637. The van der Waals surface area contributed by atoms with E-state index in [0.29, 0.717) is 11.1 Å². The Morgan fingerprint density at radius 2 is 1.85 bits per heavy atom. The molecule has 4 nitrogen and oxygen atoms in total. The van der Waals surface area contributed by atoms with Crippen LogP contribution in [0.4, 0.5) is 0 Å². The van der Waals surface area contributed by atoms with Crippen molar-refractivity contribution < 1.29 is 4.21 Å². The molecule has 3 heterocycles. The van der Waals surface area contributed by atoms with E-state index in [-0.39, 0.29) is 0 Å². The number of hydrogen-bond donors (Lipinski definition) is 0. The van der Waals surface area contributed by atoms with Gasteiger partial charge in [0.2, 0.25) is 0 Å². The van der Waals surface area contributed by atoms with Gasteiger partial charge in [0.25, 0.3) is 0 Å². The number of nitrogens with zero attached hydrogens (tertiary/aromatic N) is 3. The zero-order valence-electron chi connectivity index (χ0n) is 15.0. The van der Waals surface area contributed by atoms with E-state index < -0.39 is 10.8 Å². The first kappa shape index (κ1) is 16.4. The molecule has 2 atom stereocenters. The van der Waals surface area contributed by atoms with Gasteiger partial charge in [-0.25, -0.2) is 9.97 Å². The topological polar surface area (TPSA) is 47.8 Å². The molecule has 0 saturated carbocycles. The lowest BCUT2D eigenvalue weighted by Gasteiger charge is -2.15. The van der Waals surface area contributed by atoms with Crippen molar-refractivity contribution in [2.75, 3.05) is 6.26 Å². The Morgan fingerprint density at radius 1 is 1.04 bits per heavy atom. The van der Waals surface area contributed by atoms with Gasteiger partial charge < -0.3 is 4.57 Å². The van der Waals surface area contributed by atoms with Gasteiger partial charge in [0.1, 0.15) is 10.9 Å². The second-order valence-corrected chi connectivity index (χ2v) is 8.23. The molecule has 0 aliphatic carbocycles. The Balaban J connectivity index is 1.61. The van der Waals surface area contributed by atoms with Gasteiger partial charge >= 0.3 is 0 Å². The fraction of sp³-hybridized carbons (Fsp3) is 0.182. The third-order valence-corrected chi connectivity index (χ3v) is 6.09. The molecule has 0 radical (unpaired) electrons. The van der Waals surface area contributed by atoms with Crippen molar-refractivity contribution in [2.24, 2.45) is 0 Å². The van der Waals surface area contributed by atoms with Gasteiger partial charge in [0, 0.05) is 24.4 Å². The summed E-state index contributed by atoms with van der Waals surface area (Å²) in [4.78, 5) is 9.18. The molecule has 4 aromatic rings. The summed E-state index contributed by atoms with van der Waals surface area (Å²) in [5.74, 6) is 1.16. The van der Waals surface area contributed by atoms with Crippen molar-refractivity contribution in [3.05, 3.63) is 78.2 Å². The monoisotopic (exact) mass is 373 g/mol. The normalized spacial score (nSPS) is 17.1. The highest BCUT2D eigenvalue weighted by molar-refractivity contribution is 7.84. The van der Waals surface area contributed by atoms with Gasteiger partial charge in [-0.1, -0.05) is 42.5 Å². The summed E-state index contributed by atoms with van der Waals surface area (Å²) in [5, 5.41) is 0.606. The molecule has 2 unspecified atom stereocenters. The van der Waals surface area contributed by atoms with Crippen LogP contribution in [0.15, 0.2) is 71.9 Å². The van der Waals surface area contributed by atoms with E-state index >= 15 is 0 Å². The Hall–Kier alpha value is -2.79. The highest BCUT2D eigenvalue weighted by Gasteiger charge is 2.27. The predicted molar refractivity (Wildman–Crippen MR) is 108 cm³/mol.